The van der Waals surface area contributed by atoms with Gasteiger partial charge in [-0.1, -0.05) is 13.8 Å². The zero-order valence-electron chi connectivity index (χ0n) is 16.8. The zero-order chi connectivity index (χ0) is 19.7. The molecule has 0 aliphatic carbocycles. The second-order valence-electron chi connectivity index (χ2n) is 8.64. The van der Waals surface area contributed by atoms with Crippen molar-refractivity contribution in [3.8, 4) is 0 Å². The molecule has 0 unspecified atom stereocenters. The summed E-state index contributed by atoms with van der Waals surface area (Å²) in [6.07, 6.45) is 6.59. The Morgan fingerprint density at radius 3 is 2.79 bits per heavy atom. The average molecular weight is 403 g/mol. The van der Waals surface area contributed by atoms with E-state index in [0.717, 1.165) is 61.2 Å². The van der Waals surface area contributed by atoms with E-state index in [4.69, 9.17) is 0 Å². The van der Waals surface area contributed by atoms with Gasteiger partial charge in [-0.3, -0.25) is 4.79 Å². The summed E-state index contributed by atoms with van der Waals surface area (Å²) in [5.41, 5.74) is 1.07. The van der Waals surface area contributed by atoms with Gasteiger partial charge in [-0.05, 0) is 55.9 Å². The summed E-state index contributed by atoms with van der Waals surface area (Å²) in [5.74, 6) is 1.27. The molecule has 0 saturated carbocycles. The smallest absolute Gasteiger partial charge is 0.251 e. The van der Waals surface area contributed by atoms with Gasteiger partial charge in [0.25, 0.3) is 5.91 Å². The topological polar surface area (TPSA) is 69.6 Å². The Morgan fingerprint density at radius 2 is 2.00 bits per heavy atom. The van der Waals surface area contributed by atoms with Crippen molar-refractivity contribution in [2.75, 3.05) is 24.5 Å². The molecule has 4 heterocycles. The lowest BCUT2D eigenvalue weighted by Crippen LogP contribution is -2.46. The Kier molecular flexibility index (Phi) is 5.56. The van der Waals surface area contributed by atoms with Crippen LogP contribution in [0.3, 0.4) is 0 Å². The molecule has 1 N–H and O–H groups in total. The number of aliphatic hydroxyl groups excluding tert-OH is 1. The van der Waals surface area contributed by atoms with Crippen LogP contribution in [0.2, 0.25) is 0 Å². The first-order valence-electron chi connectivity index (χ1n) is 10.4. The molecular formula is C21H30N4O2S. The minimum absolute atomic E-state index is 0.0588. The number of amides is 1. The molecule has 0 radical (unpaired) electrons. The third-order valence-corrected chi connectivity index (χ3v) is 7.18. The number of aromatic nitrogens is 2. The summed E-state index contributed by atoms with van der Waals surface area (Å²) in [6, 6.07) is 2.05. The van der Waals surface area contributed by atoms with E-state index in [0.29, 0.717) is 18.9 Å². The highest BCUT2D eigenvalue weighted by molar-refractivity contribution is 7.17. The minimum atomic E-state index is -0.874. The standard InChI is InChI=1S/C21H30N4O2S/c1-15(2)13-17(26)20(27)24-9-3-6-21(8-11-24)7-4-10-25(21)19-18-16(5-12-28-18)22-14-23-19/h5,12,14-15,17,26H,3-4,6-11,13H2,1-2H3/t17-,21+/m0/s1. The fourth-order valence-corrected chi connectivity index (χ4v) is 5.76. The molecule has 28 heavy (non-hydrogen) atoms. The molecule has 2 aromatic heterocycles. The van der Waals surface area contributed by atoms with Crippen molar-refractivity contribution in [3.05, 3.63) is 17.8 Å². The SMILES string of the molecule is CC(C)C[C@H](O)C(=O)N1CCC[C@@]2(CCCN2c2ncnc3ccsc23)CC1. The van der Waals surface area contributed by atoms with Crippen LogP contribution in [-0.2, 0) is 4.79 Å². The number of rotatable bonds is 4. The first-order chi connectivity index (χ1) is 13.5. The molecule has 2 aliphatic heterocycles. The van der Waals surface area contributed by atoms with Gasteiger partial charge in [0.1, 0.15) is 18.2 Å². The van der Waals surface area contributed by atoms with E-state index in [2.05, 4.69) is 26.3 Å². The van der Waals surface area contributed by atoms with Crippen molar-refractivity contribution >= 4 is 33.3 Å². The number of aliphatic hydroxyl groups is 1. The summed E-state index contributed by atoms with van der Waals surface area (Å²) in [4.78, 5) is 26.2. The lowest BCUT2D eigenvalue weighted by molar-refractivity contribution is -0.140. The van der Waals surface area contributed by atoms with Gasteiger partial charge in [-0.15, -0.1) is 11.3 Å². The number of carbonyl (C=O) groups excluding carboxylic acids is 1. The largest absolute Gasteiger partial charge is 0.383 e. The van der Waals surface area contributed by atoms with Crippen molar-refractivity contribution in [1.29, 1.82) is 0 Å². The normalized spacial score (nSPS) is 24.3. The average Bonchev–Trinajstić information content (AvgIpc) is 3.24. The van der Waals surface area contributed by atoms with E-state index in [-0.39, 0.29) is 11.4 Å². The third-order valence-electron chi connectivity index (χ3n) is 6.29. The van der Waals surface area contributed by atoms with Gasteiger partial charge in [0.05, 0.1) is 10.2 Å². The molecule has 2 atom stereocenters. The molecule has 0 aromatic carbocycles. The molecule has 6 nitrogen and oxygen atoms in total. The Bertz CT molecular complexity index is 839. The summed E-state index contributed by atoms with van der Waals surface area (Å²) >= 11 is 1.70. The quantitative estimate of drug-likeness (QED) is 0.848. The fraction of sp³-hybridized carbons (Fsp3) is 0.667. The number of hydrogen-bond acceptors (Lipinski definition) is 6. The molecule has 7 heteroatoms. The predicted octanol–water partition coefficient (Wildman–Crippen LogP) is 3.45. The van der Waals surface area contributed by atoms with E-state index in [1.54, 1.807) is 17.7 Å². The Hall–Kier alpha value is -1.73. The number of fused-ring (bicyclic) bond motifs is 1. The van der Waals surface area contributed by atoms with Gasteiger partial charge < -0.3 is 14.9 Å². The highest BCUT2D eigenvalue weighted by Gasteiger charge is 2.43. The summed E-state index contributed by atoms with van der Waals surface area (Å²) in [6.45, 7) is 6.54. The summed E-state index contributed by atoms with van der Waals surface area (Å²) in [7, 11) is 0. The predicted molar refractivity (Wildman–Crippen MR) is 113 cm³/mol. The van der Waals surface area contributed by atoms with Crippen LogP contribution in [0.1, 0.15) is 52.4 Å². The van der Waals surface area contributed by atoms with Crippen molar-refractivity contribution in [3.63, 3.8) is 0 Å². The van der Waals surface area contributed by atoms with E-state index in [9.17, 15) is 9.90 Å². The van der Waals surface area contributed by atoms with Crippen molar-refractivity contribution < 1.29 is 9.90 Å². The maximum atomic E-state index is 12.7. The van der Waals surface area contributed by atoms with Crippen molar-refractivity contribution in [2.24, 2.45) is 5.92 Å². The second-order valence-corrected chi connectivity index (χ2v) is 9.55. The van der Waals surface area contributed by atoms with Gasteiger partial charge in [-0.2, -0.15) is 0 Å². The molecule has 2 fully saturated rings. The summed E-state index contributed by atoms with van der Waals surface area (Å²) in [5, 5.41) is 12.4. The number of anilines is 1. The first kappa shape index (κ1) is 19.6. The Morgan fingerprint density at radius 1 is 1.21 bits per heavy atom. The number of nitrogens with zero attached hydrogens (tertiary/aromatic N) is 4. The molecule has 2 aromatic rings. The highest BCUT2D eigenvalue weighted by Crippen LogP contribution is 2.43. The third kappa shape index (κ3) is 3.62. The van der Waals surface area contributed by atoms with Crippen molar-refractivity contribution in [2.45, 2.75) is 64.0 Å². The molecule has 4 rings (SSSR count). The molecule has 1 amide bonds. The van der Waals surface area contributed by atoms with Crippen molar-refractivity contribution in [1.82, 2.24) is 14.9 Å². The van der Waals surface area contributed by atoms with Gasteiger partial charge >= 0.3 is 0 Å². The molecule has 2 saturated heterocycles. The van der Waals surface area contributed by atoms with E-state index < -0.39 is 6.10 Å². The van der Waals surface area contributed by atoms with Crippen LogP contribution in [0.5, 0.6) is 0 Å². The summed E-state index contributed by atoms with van der Waals surface area (Å²) < 4.78 is 1.16. The van der Waals surface area contributed by atoms with Gasteiger partial charge in [0, 0.05) is 25.2 Å². The van der Waals surface area contributed by atoms with E-state index >= 15 is 0 Å². The van der Waals surface area contributed by atoms with Crippen LogP contribution in [-0.4, -0.2) is 57.2 Å². The maximum absolute atomic E-state index is 12.7. The van der Waals surface area contributed by atoms with E-state index in [1.807, 2.05) is 18.7 Å². The van der Waals surface area contributed by atoms with Crippen LogP contribution in [0.25, 0.3) is 10.2 Å². The second kappa shape index (κ2) is 7.95. The number of likely N-dealkylation sites (tertiary alicyclic amines) is 1. The monoisotopic (exact) mass is 402 g/mol. The van der Waals surface area contributed by atoms with Crippen LogP contribution in [0.4, 0.5) is 5.82 Å². The fourth-order valence-electron chi connectivity index (χ4n) is 4.91. The highest BCUT2D eigenvalue weighted by atomic mass is 32.1. The molecule has 152 valence electrons. The van der Waals surface area contributed by atoms with Gasteiger partial charge in [-0.25, -0.2) is 9.97 Å². The van der Waals surface area contributed by atoms with Gasteiger partial charge in [0.2, 0.25) is 0 Å². The van der Waals surface area contributed by atoms with Gasteiger partial charge in [0.15, 0.2) is 0 Å². The number of hydrogen-bond donors (Lipinski definition) is 1. The number of thiophene rings is 1. The van der Waals surface area contributed by atoms with E-state index in [1.165, 1.54) is 0 Å². The molecule has 1 spiro atoms. The lowest BCUT2D eigenvalue weighted by Gasteiger charge is -2.39. The van der Waals surface area contributed by atoms with Crippen LogP contribution in [0.15, 0.2) is 17.8 Å². The minimum Gasteiger partial charge on any atom is -0.383 e. The molecule has 0 bridgehead atoms. The van der Waals surface area contributed by atoms with Crippen LogP contribution in [0, 0.1) is 5.92 Å². The lowest BCUT2D eigenvalue weighted by atomic mass is 9.87. The molecular weight excluding hydrogens is 372 g/mol. The first-order valence-corrected chi connectivity index (χ1v) is 11.3. The van der Waals surface area contributed by atoms with Crippen LogP contribution >= 0.6 is 11.3 Å². The van der Waals surface area contributed by atoms with Crippen LogP contribution < -0.4 is 4.90 Å². The molecule has 2 aliphatic rings. The maximum Gasteiger partial charge on any atom is 0.251 e. The number of carbonyl (C=O) groups is 1. The zero-order valence-corrected chi connectivity index (χ0v) is 17.6. The Balaban J connectivity index is 1.53. The Labute approximate surface area is 170 Å².